The number of hydrogen-bond acceptors (Lipinski definition) is 6. The zero-order valence-corrected chi connectivity index (χ0v) is 17.2. The summed E-state index contributed by atoms with van der Waals surface area (Å²) in [4.78, 5) is 26.7. The number of ether oxygens (including phenoxy) is 1. The van der Waals surface area contributed by atoms with Gasteiger partial charge in [0, 0.05) is 30.8 Å². The SMILES string of the molecule is COc1ccc(C(=O)N2CCC(C(=O)Nc3ccc(S(N)(=O)=O)cc3)CC2)c(O)c1. The van der Waals surface area contributed by atoms with Crippen LogP contribution in [0.2, 0.25) is 0 Å². The van der Waals surface area contributed by atoms with E-state index in [1.807, 2.05) is 0 Å². The van der Waals surface area contributed by atoms with Crippen LogP contribution in [-0.2, 0) is 14.8 Å². The van der Waals surface area contributed by atoms with E-state index in [0.29, 0.717) is 37.4 Å². The lowest BCUT2D eigenvalue weighted by molar-refractivity contribution is -0.121. The van der Waals surface area contributed by atoms with E-state index >= 15 is 0 Å². The largest absolute Gasteiger partial charge is 0.507 e. The lowest BCUT2D eigenvalue weighted by Gasteiger charge is -2.31. The maximum atomic E-state index is 12.7. The highest BCUT2D eigenvalue weighted by Crippen LogP contribution is 2.27. The lowest BCUT2D eigenvalue weighted by Crippen LogP contribution is -2.41. The molecule has 160 valence electrons. The van der Waals surface area contributed by atoms with Crippen molar-refractivity contribution >= 4 is 27.5 Å². The predicted octanol–water partition coefficient (Wildman–Crippen LogP) is 1.54. The molecule has 0 unspecified atom stereocenters. The summed E-state index contributed by atoms with van der Waals surface area (Å²) in [7, 11) is -2.32. The average Bonchev–Trinajstić information content (AvgIpc) is 2.73. The average molecular weight is 433 g/mol. The summed E-state index contributed by atoms with van der Waals surface area (Å²) in [5.41, 5.74) is 0.655. The Hall–Kier alpha value is -3.11. The van der Waals surface area contributed by atoms with Crippen molar-refractivity contribution in [1.82, 2.24) is 4.90 Å². The van der Waals surface area contributed by atoms with Crippen LogP contribution in [0, 0.1) is 5.92 Å². The molecule has 2 amide bonds. The third-order valence-corrected chi connectivity index (χ3v) is 5.97. The zero-order valence-electron chi connectivity index (χ0n) is 16.4. The number of aromatic hydroxyl groups is 1. The number of amides is 2. The van der Waals surface area contributed by atoms with E-state index in [1.165, 1.54) is 43.5 Å². The highest BCUT2D eigenvalue weighted by atomic mass is 32.2. The number of rotatable bonds is 5. The Morgan fingerprint density at radius 3 is 2.30 bits per heavy atom. The van der Waals surface area contributed by atoms with E-state index in [2.05, 4.69) is 5.32 Å². The summed E-state index contributed by atoms with van der Waals surface area (Å²) >= 11 is 0. The van der Waals surface area contributed by atoms with Gasteiger partial charge in [-0.1, -0.05) is 0 Å². The van der Waals surface area contributed by atoms with E-state index in [9.17, 15) is 23.1 Å². The number of phenols is 1. The van der Waals surface area contributed by atoms with Crippen LogP contribution in [0.15, 0.2) is 47.4 Å². The zero-order chi connectivity index (χ0) is 21.9. The van der Waals surface area contributed by atoms with Gasteiger partial charge in [0.05, 0.1) is 17.6 Å². The fraction of sp³-hybridized carbons (Fsp3) is 0.300. The first-order valence-corrected chi connectivity index (χ1v) is 10.8. The van der Waals surface area contributed by atoms with Gasteiger partial charge in [0.2, 0.25) is 15.9 Å². The Kier molecular flexibility index (Phi) is 6.28. The molecule has 1 heterocycles. The third-order valence-electron chi connectivity index (χ3n) is 5.04. The molecule has 2 aromatic carbocycles. The standard InChI is InChI=1S/C20H23N3O6S/c1-29-15-4-7-17(18(24)12-15)20(26)23-10-8-13(9-11-23)19(25)22-14-2-5-16(6-3-14)30(21,27)28/h2-7,12-13,24H,8-11H2,1H3,(H,22,25)(H2,21,27,28). The number of carbonyl (C=O) groups is 2. The maximum Gasteiger partial charge on any atom is 0.257 e. The molecular weight excluding hydrogens is 410 g/mol. The van der Waals surface area contributed by atoms with E-state index in [0.717, 1.165) is 0 Å². The fourth-order valence-corrected chi connectivity index (χ4v) is 3.82. The Balaban J connectivity index is 1.57. The Bertz CT molecular complexity index is 1040. The molecular formula is C20H23N3O6S. The van der Waals surface area contributed by atoms with Gasteiger partial charge in [0.1, 0.15) is 11.5 Å². The fourth-order valence-electron chi connectivity index (χ4n) is 3.31. The predicted molar refractivity (Wildman–Crippen MR) is 110 cm³/mol. The van der Waals surface area contributed by atoms with Gasteiger partial charge in [-0.25, -0.2) is 13.6 Å². The molecule has 1 aliphatic heterocycles. The van der Waals surface area contributed by atoms with Crippen LogP contribution in [0.3, 0.4) is 0 Å². The molecule has 0 aliphatic carbocycles. The second kappa shape index (κ2) is 8.72. The first-order chi connectivity index (χ1) is 14.2. The Morgan fingerprint density at radius 1 is 1.13 bits per heavy atom. The molecule has 4 N–H and O–H groups in total. The van der Waals surface area contributed by atoms with Crippen molar-refractivity contribution in [1.29, 1.82) is 0 Å². The van der Waals surface area contributed by atoms with E-state index in [4.69, 9.17) is 9.88 Å². The number of methoxy groups -OCH3 is 1. The Morgan fingerprint density at radius 2 is 1.77 bits per heavy atom. The van der Waals surface area contributed by atoms with Gasteiger partial charge in [-0.05, 0) is 49.2 Å². The van der Waals surface area contributed by atoms with Crippen LogP contribution >= 0.6 is 0 Å². The number of likely N-dealkylation sites (tertiary alicyclic amines) is 1. The topological polar surface area (TPSA) is 139 Å². The molecule has 2 aromatic rings. The quantitative estimate of drug-likeness (QED) is 0.654. The first-order valence-electron chi connectivity index (χ1n) is 9.29. The molecule has 0 bridgehead atoms. The molecule has 0 radical (unpaired) electrons. The van der Waals surface area contributed by atoms with Gasteiger partial charge in [-0.15, -0.1) is 0 Å². The second-order valence-corrected chi connectivity index (χ2v) is 8.57. The molecule has 3 rings (SSSR count). The number of primary sulfonamides is 1. The molecule has 0 saturated carbocycles. The maximum absolute atomic E-state index is 12.7. The minimum Gasteiger partial charge on any atom is -0.507 e. The summed E-state index contributed by atoms with van der Waals surface area (Å²) in [6, 6.07) is 10.1. The Labute approximate surface area is 174 Å². The lowest BCUT2D eigenvalue weighted by atomic mass is 9.95. The first kappa shape index (κ1) is 21.6. The van der Waals surface area contributed by atoms with E-state index in [1.54, 1.807) is 11.0 Å². The van der Waals surface area contributed by atoms with Crippen molar-refractivity contribution in [2.24, 2.45) is 11.1 Å². The van der Waals surface area contributed by atoms with Crippen molar-refractivity contribution in [3.63, 3.8) is 0 Å². The van der Waals surface area contributed by atoms with Crippen molar-refractivity contribution < 1.29 is 27.9 Å². The number of carbonyl (C=O) groups excluding carboxylic acids is 2. The van der Waals surface area contributed by atoms with Crippen LogP contribution in [0.4, 0.5) is 5.69 Å². The van der Waals surface area contributed by atoms with Crippen molar-refractivity contribution in [2.75, 3.05) is 25.5 Å². The normalized spacial score (nSPS) is 14.9. The van der Waals surface area contributed by atoms with Gasteiger partial charge >= 0.3 is 0 Å². The molecule has 0 atom stereocenters. The van der Waals surface area contributed by atoms with Crippen molar-refractivity contribution in [3.8, 4) is 11.5 Å². The number of anilines is 1. The molecule has 0 spiro atoms. The summed E-state index contributed by atoms with van der Waals surface area (Å²) in [5.74, 6) is -0.472. The molecule has 1 aliphatic rings. The highest BCUT2D eigenvalue weighted by Gasteiger charge is 2.29. The summed E-state index contributed by atoms with van der Waals surface area (Å²) in [5, 5.41) is 17.9. The van der Waals surface area contributed by atoms with Gasteiger partial charge in [0.25, 0.3) is 5.91 Å². The third kappa shape index (κ3) is 4.89. The summed E-state index contributed by atoms with van der Waals surface area (Å²) < 4.78 is 27.6. The molecule has 0 aromatic heterocycles. The number of sulfonamides is 1. The van der Waals surface area contributed by atoms with Crippen molar-refractivity contribution in [3.05, 3.63) is 48.0 Å². The number of benzene rings is 2. The monoisotopic (exact) mass is 433 g/mol. The van der Waals surface area contributed by atoms with Gasteiger partial charge in [-0.3, -0.25) is 9.59 Å². The number of phenolic OH excluding ortho intramolecular Hbond substituents is 1. The minimum atomic E-state index is -3.79. The number of nitrogens with two attached hydrogens (primary N) is 1. The van der Waals surface area contributed by atoms with E-state index in [-0.39, 0.29) is 33.9 Å². The summed E-state index contributed by atoms with van der Waals surface area (Å²) in [6.45, 7) is 0.763. The van der Waals surface area contributed by atoms with Crippen LogP contribution in [0.1, 0.15) is 23.2 Å². The number of piperidine rings is 1. The highest BCUT2D eigenvalue weighted by molar-refractivity contribution is 7.89. The molecule has 30 heavy (non-hydrogen) atoms. The van der Waals surface area contributed by atoms with Crippen LogP contribution in [0.5, 0.6) is 11.5 Å². The molecule has 1 fully saturated rings. The van der Waals surface area contributed by atoms with Crippen molar-refractivity contribution in [2.45, 2.75) is 17.7 Å². The van der Waals surface area contributed by atoms with Crippen LogP contribution in [0.25, 0.3) is 0 Å². The molecule has 1 saturated heterocycles. The number of nitrogens with one attached hydrogen (secondary N) is 1. The van der Waals surface area contributed by atoms with Gasteiger partial charge in [-0.2, -0.15) is 0 Å². The van der Waals surface area contributed by atoms with Gasteiger partial charge < -0.3 is 20.1 Å². The number of hydrogen-bond donors (Lipinski definition) is 3. The van der Waals surface area contributed by atoms with Crippen LogP contribution < -0.4 is 15.2 Å². The van der Waals surface area contributed by atoms with Crippen LogP contribution in [-0.4, -0.2) is 50.4 Å². The second-order valence-electron chi connectivity index (χ2n) is 7.01. The molecule has 9 nitrogen and oxygen atoms in total. The summed E-state index contributed by atoms with van der Waals surface area (Å²) in [6.07, 6.45) is 0.952. The van der Waals surface area contributed by atoms with E-state index < -0.39 is 10.0 Å². The number of nitrogens with zero attached hydrogens (tertiary/aromatic N) is 1. The molecule has 10 heteroatoms. The minimum absolute atomic E-state index is 0.0332. The van der Waals surface area contributed by atoms with Gasteiger partial charge in [0.15, 0.2) is 0 Å². The smallest absolute Gasteiger partial charge is 0.257 e.